The predicted octanol–water partition coefficient (Wildman–Crippen LogP) is 6.97. The molecule has 6 heteroatoms. The predicted molar refractivity (Wildman–Crippen MR) is 139 cm³/mol. The topological polar surface area (TPSA) is 64.1 Å². The second kappa shape index (κ2) is 10.6. The van der Waals surface area contributed by atoms with Gasteiger partial charge in [-0.25, -0.2) is 4.98 Å². The van der Waals surface area contributed by atoms with Crippen molar-refractivity contribution in [1.82, 2.24) is 9.97 Å². The maximum absolute atomic E-state index is 12.4. The van der Waals surface area contributed by atoms with Crippen molar-refractivity contribution in [2.75, 3.05) is 11.9 Å². The summed E-state index contributed by atoms with van der Waals surface area (Å²) < 4.78 is 5.80. The number of nitrogens with zero attached hydrogens (tertiary/aromatic N) is 2. The average Bonchev–Trinajstić information content (AvgIpc) is 3.33. The van der Waals surface area contributed by atoms with Crippen LogP contribution in [0.3, 0.4) is 0 Å². The normalized spacial score (nSPS) is 11.3. The van der Waals surface area contributed by atoms with Gasteiger partial charge in [-0.2, -0.15) is 0 Å². The number of amides is 1. The molecule has 174 valence electrons. The summed E-state index contributed by atoms with van der Waals surface area (Å²) in [4.78, 5) is 21.3. The molecule has 4 rings (SSSR count). The Balaban J connectivity index is 1.27. The molecule has 0 atom stereocenters. The SMILES string of the molecule is CC(C)(C)c1ccc(OCCCC(=O)Nc2cccc(-c3csc(-c4cccnc4)n3)c2)cc1. The van der Waals surface area contributed by atoms with Crippen LogP contribution in [0.15, 0.2) is 78.4 Å². The number of hydrogen-bond donors (Lipinski definition) is 1. The van der Waals surface area contributed by atoms with E-state index >= 15 is 0 Å². The summed E-state index contributed by atoms with van der Waals surface area (Å²) in [6, 6.07) is 19.8. The molecule has 0 aliphatic heterocycles. The van der Waals surface area contributed by atoms with E-state index in [0.717, 1.165) is 33.3 Å². The van der Waals surface area contributed by atoms with Gasteiger partial charge >= 0.3 is 0 Å². The Morgan fingerprint density at radius 1 is 1.03 bits per heavy atom. The fourth-order valence-electron chi connectivity index (χ4n) is 3.48. The van der Waals surface area contributed by atoms with Gasteiger partial charge < -0.3 is 10.1 Å². The van der Waals surface area contributed by atoms with Gasteiger partial charge in [-0.05, 0) is 53.8 Å². The van der Waals surface area contributed by atoms with Crippen molar-refractivity contribution in [3.05, 3.63) is 84.0 Å². The highest BCUT2D eigenvalue weighted by molar-refractivity contribution is 7.13. The first-order chi connectivity index (χ1) is 16.4. The highest BCUT2D eigenvalue weighted by Gasteiger charge is 2.13. The Labute approximate surface area is 204 Å². The molecule has 2 heterocycles. The second-order valence-electron chi connectivity index (χ2n) is 9.13. The Kier molecular flexibility index (Phi) is 7.38. The number of pyridine rings is 1. The van der Waals surface area contributed by atoms with Gasteiger partial charge in [0.15, 0.2) is 0 Å². The standard InChI is InChI=1S/C28H29N3O2S/c1-28(2,3)22-11-13-24(14-12-22)33-16-6-10-26(32)30-23-9-4-7-20(17-23)25-19-34-27(31-25)21-8-5-15-29-18-21/h4-5,7-9,11-15,17-19H,6,10,16H2,1-3H3,(H,30,32). The number of hydrogen-bond acceptors (Lipinski definition) is 5. The number of anilines is 1. The molecule has 0 bridgehead atoms. The van der Waals surface area contributed by atoms with Crippen LogP contribution in [0.1, 0.15) is 39.2 Å². The van der Waals surface area contributed by atoms with Crippen molar-refractivity contribution < 1.29 is 9.53 Å². The van der Waals surface area contributed by atoms with Crippen LogP contribution in [-0.4, -0.2) is 22.5 Å². The molecular weight excluding hydrogens is 442 g/mol. The number of nitrogens with one attached hydrogen (secondary N) is 1. The molecule has 0 aliphatic rings. The summed E-state index contributed by atoms with van der Waals surface area (Å²) in [5, 5.41) is 5.93. The minimum Gasteiger partial charge on any atom is -0.494 e. The summed E-state index contributed by atoms with van der Waals surface area (Å²) in [5.41, 5.74) is 4.99. The molecule has 2 aromatic carbocycles. The number of carbonyl (C=O) groups is 1. The van der Waals surface area contributed by atoms with Crippen LogP contribution in [0.25, 0.3) is 21.8 Å². The lowest BCUT2D eigenvalue weighted by Crippen LogP contribution is -2.13. The Hall–Kier alpha value is -3.51. The third-order valence-electron chi connectivity index (χ3n) is 5.39. The zero-order valence-corrected chi connectivity index (χ0v) is 20.6. The van der Waals surface area contributed by atoms with E-state index in [2.05, 4.69) is 43.2 Å². The van der Waals surface area contributed by atoms with E-state index in [9.17, 15) is 4.79 Å². The summed E-state index contributed by atoms with van der Waals surface area (Å²) in [6.07, 6.45) is 4.60. The number of carbonyl (C=O) groups excluding carboxylic acids is 1. The third kappa shape index (κ3) is 6.29. The number of rotatable bonds is 8. The van der Waals surface area contributed by atoms with E-state index in [1.165, 1.54) is 5.56 Å². The third-order valence-corrected chi connectivity index (χ3v) is 6.28. The van der Waals surface area contributed by atoms with E-state index in [-0.39, 0.29) is 11.3 Å². The molecular formula is C28H29N3O2S. The molecule has 0 unspecified atom stereocenters. The van der Waals surface area contributed by atoms with Gasteiger partial charge in [0.1, 0.15) is 10.8 Å². The van der Waals surface area contributed by atoms with Gasteiger partial charge in [-0.1, -0.05) is 45.0 Å². The van der Waals surface area contributed by atoms with Gasteiger partial charge in [0.25, 0.3) is 0 Å². The molecule has 4 aromatic rings. The van der Waals surface area contributed by atoms with E-state index in [1.807, 2.05) is 60.1 Å². The minimum atomic E-state index is -0.0295. The van der Waals surface area contributed by atoms with E-state index in [0.29, 0.717) is 19.4 Å². The summed E-state index contributed by atoms with van der Waals surface area (Å²) in [7, 11) is 0. The van der Waals surface area contributed by atoms with Crippen molar-refractivity contribution in [3.63, 3.8) is 0 Å². The van der Waals surface area contributed by atoms with Crippen molar-refractivity contribution in [3.8, 4) is 27.6 Å². The molecule has 0 fully saturated rings. The van der Waals surface area contributed by atoms with Crippen LogP contribution in [0.5, 0.6) is 5.75 Å². The molecule has 0 saturated heterocycles. The molecule has 1 amide bonds. The number of benzene rings is 2. The zero-order chi connectivity index (χ0) is 24.0. The summed E-state index contributed by atoms with van der Waals surface area (Å²) in [6.45, 7) is 7.06. The fraction of sp³-hybridized carbons (Fsp3) is 0.250. The largest absolute Gasteiger partial charge is 0.494 e. The van der Waals surface area contributed by atoms with E-state index < -0.39 is 0 Å². The summed E-state index contributed by atoms with van der Waals surface area (Å²) >= 11 is 1.58. The fourth-order valence-corrected chi connectivity index (χ4v) is 4.30. The van der Waals surface area contributed by atoms with Crippen molar-refractivity contribution in [2.45, 2.75) is 39.0 Å². The smallest absolute Gasteiger partial charge is 0.224 e. The van der Waals surface area contributed by atoms with Crippen LogP contribution >= 0.6 is 11.3 Å². The van der Waals surface area contributed by atoms with Crippen molar-refractivity contribution in [2.24, 2.45) is 0 Å². The highest BCUT2D eigenvalue weighted by atomic mass is 32.1. The van der Waals surface area contributed by atoms with Gasteiger partial charge in [-0.3, -0.25) is 9.78 Å². The Morgan fingerprint density at radius 2 is 1.82 bits per heavy atom. The quantitative estimate of drug-likeness (QED) is 0.282. The molecule has 0 radical (unpaired) electrons. The lowest BCUT2D eigenvalue weighted by Gasteiger charge is -2.19. The van der Waals surface area contributed by atoms with Gasteiger partial charge in [-0.15, -0.1) is 11.3 Å². The molecule has 2 aromatic heterocycles. The first-order valence-electron chi connectivity index (χ1n) is 11.4. The molecule has 0 aliphatic carbocycles. The second-order valence-corrected chi connectivity index (χ2v) is 9.99. The van der Waals surface area contributed by atoms with Crippen LogP contribution in [0.2, 0.25) is 0 Å². The number of ether oxygens (including phenoxy) is 1. The lowest BCUT2D eigenvalue weighted by atomic mass is 9.87. The molecule has 0 spiro atoms. The molecule has 0 saturated carbocycles. The number of thiazole rings is 1. The Morgan fingerprint density at radius 3 is 2.56 bits per heavy atom. The first-order valence-corrected chi connectivity index (χ1v) is 12.3. The average molecular weight is 472 g/mol. The zero-order valence-electron chi connectivity index (χ0n) is 19.7. The first kappa shape index (κ1) is 23.6. The molecule has 5 nitrogen and oxygen atoms in total. The van der Waals surface area contributed by atoms with Crippen molar-refractivity contribution >= 4 is 22.9 Å². The maximum Gasteiger partial charge on any atom is 0.224 e. The van der Waals surface area contributed by atoms with Gasteiger partial charge in [0.05, 0.1) is 12.3 Å². The van der Waals surface area contributed by atoms with Crippen LogP contribution in [0.4, 0.5) is 5.69 Å². The Bertz CT molecular complexity index is 1230. The lowest BCUT2D eigenvalue weighted by molar-refractivity contribution is -0.116. The van der Waals surface area contributed by atoms with E-state index in [1.54, 1.807) is 17.5 Å². The number of aromatic nitrogens is 2. The van der Waals surface area contributed by atoms with Crippen LogP contribution in [-0.2, 0) is 10.2 Å². The maximum atomic E-state index is 12.4. The van der Waals surface area contributed by atoms with Crippen molar-refractivity contribution in [1.29, 1.82) is 0 Å². The summed E-state index contributed by atoms with van der Waals surface area (Å²) in [5.74, 6) is 0.799. The molecule has 34 heavy (non-hydrogen) atoms. The highest BCUT2D eigenvalue weighted by Crippen LogP contribution is 2.29. The van der Waals surface area contributed by atoms with Gasteiger partial charge in [0, 0.05) is 41.0 Å². The minimum absolute atomic E-state index is 0.0295. The van der Waals surface area contributed by atoms with Crippen LogP contribution in [0, 0.1) is 0 Å². The van der Waals surface area contributed by atoms with Crippen LogP contribution < -0.4 is 10.1 Å². The monoisotopic (exact) mass is 471 g/mol. The molecule has 1 N–H and O–H groups in total. The van der Waals surface area contributed by atoms with E-state index in [4.69, 9.17) is 9.72 Å². The van der Waals surface area contributed by atoms with Gasteiger partial charge in [0.2, 0.25) is 5.91 Å².